The van der Waals surface area contributed by atoms with E-state index in [1.165, 1.54) is 225 Å². The number of carbonyl (C=O) groups excluding carboxylic acids is 3. The van der Waals surface area contributed by atoms with Crippen molar-refractivity contribution in [2.45, 2.75) is 329 Å². The molecule has 0 rings (SSSR count). The summed E-state index contributed by atoms with van der Waals surface area (Å²) >= 11 is 0. The van der Waals surface area contributed by atoms with Crippen LogP contribution < -0.4 is 0 Å². The van der Waals surface area contributed by atoms with Crippen LogP contribution in [0.5, 0.6) is 0 Å². The molecule has 0 heterocycles. The SMILES string of the molecule is CCCCCCCCCC/C=C\CCCCCCCCCCCCCC(=O)OCC(COC(=O)CCCCCCCCCCCC)OC(=O)CCCCCCCCCCCCCCC. The summed E-state index contributed by atoms with van der Waals surface area (Å²) in [7, 11) is 0. The van der Waals surface area contributed by atoms with Gasteiger partial charge in [0.2, 0.25) is 0 Å². The van der Waals surface area contributed by atoms with Crippen LogP contribution in [-0.4, -0.2) is 37.2 Å². The maximum Gasteiger partial charge on any atom is 0.306 e. The molecule has 0 saturated carbocycles. The molecule has 0 spiro atoms. The Labute approximate surface area is 399 Å². The van der Waals surface area contributed by atoms with Crippen molar-refractivity contribution in [3.8, 4) is 0 Å². The van der Waals surface area contributed by atoms with Gasteiger partial charge in [0, 0.05) is 19.3 Å². The van der Waals surface area contributed by atoms with Crippen LogP contribution in [-0.2, 0) is 28.6 Å². The first-order valence-corrected chi connectivity index (χ1v) is 28.7. The van der Waals surface area contributed by atoms with Crippen LogP contribution in [0.1, 0.15) is 323 Å². The van der Waals surface area contributed by atoms with Gasteiger partial charge in [-0.15, -0.1) is 0 Å². The lowest BCUT2D eigenvalue weighted by Crippen LogP contribution is -2.30. The van der Waals surface area contributed by atoms with Crippen LogP contribution in [0.2, 0.25) is 0 Å². The lowest BCUT2D eigenvalue weighted by atomic mass is 10.0. The van der Waals surface area contributed by atoms with Crippen LogP contribution in [0, 0.1) is 0 Å². The monoisotopic (exact) mass is 903 g/mol. The van der Waals surface area contributed by atoms with Crippen LogP contribution in [0.15, 0.2) is 12.2 Å². The topological polar surface area (TPSA) is 78.9 Å². The number of rotatable bonds is 53. The number of unbranched alkanes of at least 4 members (excludes halogenated alkanes) is 40. The molecule has 6 heteroatoms. The van der Waals surface area contributed by atoms with Crippen LogP contribution in [0.4, 0.5) is 0 Å². The lowest BCUT2D eigenvalue weighted by Gasteiger charge is -2.18. The summed E-state index contributed by atoms with van der Waals surface area (Å²) in [6.07, 6.45) is 60.7. The smallest absolute Gasteiger partial charge is 0.306 e. The van der Waals surface area contributed by atoms with Crippen molar-refractivity contribution in [1.29, 1.82) is 0 Å². The van der Waals surface area contributed by atoms with Gasteiger partial charge in [0.25, 0.3) is 0 Å². The first kappa shape index (κ1) is 62.1. The highest BCUT2D eigenvalue weighted by molar-refractivity contribution is 5.71. The molecule has 1 unspecified atom stereocenters. The molecule has 1 atom stereocenters. The van der Waals surface area contributed by atoms with Crippen molar-refractivity contribution in [2.24, 2.45) is 0 Å². The van der Waals surface area contributed by atoms with Gasteiger partial charge in [-0.2, -0.15) is 0 Å². The van der Waals surface area contributed by atoms with E-state index in [1.54, 1.807) is 0 Å². The van der Waals surface area contributed by atoms with Crippen LogP contribution in [0.25, 0.3) is 0 Å². The van der Waals surface area contributed by atoms with E-state index in [2.05, 4.69) is 32.9 Å². The molecule has 0 radical (unpaired) electrons. The summed E-state index contributed by atoms with van der Waals surface area (Å²) in [5.74, 6) is -0.846. The second kappa shape index (κ2) is 53.8. The number of carbonyl (C=O) groups is 3. The minimum atomic E-state index is -0.763. The Morgan fingerprint density at radius 1 is 0.297 bits per heavy atom. The molecular formula is C58H110O6. The zero-order chi connectivity index (χ0) is 46.5. The van der Waals surface area contributed by atoms with Gasteiger partial charge in [-0.25, -0.2) is 0 Å². The standard InChI is InChI=1S/C58H110O6/c1-4-7-10-13-16-19-22-24-25-26-27-28-29-30-31-32-33-35-36-39-42-45-48-51-57(60)63-54-55(53-62-56(59)50-47-44-41-38-21-18-15-12-9-6-3)64-58(61)52-49-46-43-40-37-34-23-20-17-14-11-8-5-2/h26-27,55H,4-25,28-54H2,1-3H3/b27-26-. The highest BCUT2D eigenvalue weighted by Crippen LogP contribution is 2.17. The third kappa shape index (κ3) is 51.1. The highest BCUT2D eigenvalue weighted by atomic mass is 16.6. The lowest BCUT2D eigenvalue weighted by molar-refractivity contribution is -0.167. The van der Waals surface area contributed by atoms with Crippen molar-refractivity contribution in [3.63, 3.8) is 0 Å². The summed E-state index contributed by atoms with van der Waals surface area (Å²) in [4.78, 5) is 38.0. The first-order chi connectivity index (χ1) is 31.5. The van der Waals surface area contributed by atoms with E-state index in [0.717, 1.165) is 57.8 Å². The fourth-order valence-electron chi connectivity index (χ4n) is 8.68. The predicted molar refractivity (Wildman–Crippen MR) is 275 cm³/mol. The largest absolute Gasteiger partial charge is 0.462 e. The van der Waals surface area contributed by atoms with Gasteiger partial charge < -0.3 is 14.2 Å². The number of hydrogen-bond donors (Lipinski definition) is 0. The molecule has 0 amide bonds. The molecule has 0 saturated heterocycles. The number of ether oxygens (including phenoxy) is 3. The second-order valence-electron chi connectivity index (χ2n) is 19.6. The summed E-state index contributed by atoms with van der Waals surface area (Å²) in [5.41, 5.74) is 0. The van der Waals surface area contributed by atoms with E-state index in [0.29, 0.717) is 19.3 Å². The molecule has 6 nitrogen and oxygen atoms in total. The summed E-state index contributed by atoms with van der Waals surface area (Å²) in [6.45, 7) is 6.67. The Bertz CT molecular complexity index is 993. The van der Waals surface area contributed by atoms with Crippen LogP contribution in [0.3, 0.4) is 0 Å². The van der Waals surface area contributed by atoms with E-state index < -0.39 is 6.10 Å². The Hall–Kier alpha value is -1.85. The molecule has 0 aliphatic carbocycles. The summed E-state index contributed by atoms with van der Waals surface area (Å²) < 4.78 is 16.8. The molecule has 0 N–H and O–H groups in total. The van der Waals surface area contributed by atoms with E-state index in [1.807, 2.05) is 0 Å². The zero-order valence-electron chi connectivity index (χ0n) is 43.3. The van der Waals surface area contributed by atoms with E-state index in [4.69, 9.17) is 14.2 Å². The molecule has 0 aromatic carbocycles. The fourth-order valence-corrected chi connectivity index (χ4v) is 8.68. The van der Waals surface area contributed by atoms with Crippen molar-refractivity contribution in [2.75, 3.05) is 13.2 Å². The van der Waals surface area contributed by atoms with Crippen molar-refractivity contribution in [1.82, 2.24) is 0 Å². The van der Waals surface area contributed by atoms with Crippen molar-refractivity contribution < 1.29 is 28.6 Å². The molecule has 378 valence electrons. The average molecular weight is 904 g/mol. The molecule has 0 bridgehead atoms. The quantitative estimate of drug-likeness (QED) is 0.0262. The molecule has 0 aliphatic heterocycles. The van der Waals surface area contributed by atoms with E-state index in [-0.39, 0.29) is 31.1 Å². The maximum absolute atomic E-state index is 12.8. The minimum absolute atomic E-state index is 0.0645. The Balaban J connectivity index is 4.18. The molecular weight excluding hydrogens is 793 g/mol. The number of allylic oxidation sites excluding steroid dienone is 2. The summed E-state index contributed by atoms with van der Waals surface area (Å²) in [5, 5.41) is 0. The first-order valence-electron chi connectivity index (χ1n) is 28.7. The Kier molecular flexibility index (Phi) is 52.2. The predicted octanol–water partition coefficient (Wildman–Crippen LogP) is 18.9. The second-order valence-corrected chi connectivity index (χ2v) is 19.6. The van der Waals surface area contributed by atoms with Gasteiger partial charge >= 0.3 is 17.9 Å². The van der Waals surface area contributed by atoms with Gasteiger partial charge in [0.15, 0.2) is 6.10 Å². The fraction of sp³-hybridized carbons (Fsp3) is 0.914. The maximum atomic E-state index is 12.8. The third-order valence-corrected chi connectivity index (χ3v) is 13.0. The number of hydrogen-bond acceptors (Lipinski definition) is 6. The van der Waals surface area contributed by atoms with Gasteiger partial charge in [-0.3, -0.25) is 14.4 Å². The third-order valence-electron chi connectivity index (χ3n) is 13.0. The Morgan fingerprint density at radius 3 is 0.781 bits per heavy atom. The zero-order valence-corrected chi connectivity index (χ0v) is 43.3. The van der Waals surface area contributed by atoms with Gasteiger partial charge in [0.05, 0.1) is 0 Å². The number of esters is 3. The Morgan fingerprint density at radius 2 is 0.516 bits per heavy atom. The molecule has 0 fully saturated rings. The molecule has 64 heavy (non-hydrogen) atoms. The van der Waals surface area contributed by atoms with Crippen molar-refractivity contribution in [3.05, 3.63) is 12.2 Å². The van der Waals surface area contributed by atoms with Crippen LogP contribution >= 0.6 is 0 Å². The molecule has 0 aliphatic rings. The highest BCUT2D eigenvalue weighted by Gasteiger charge is 2.19. The average Bonchev–Trinajstić information content (AvgIpc) is 3.29. The van der Waals surface area contributed by atoms with E-state index >= 15 is 0 Å². The van der Waals surface area contributed by atoms with Gasteiger partial charge in [0.1, 0.15) is 13.2 Å². The van der Waals surface area contributed by atoms with Crippen molar-refractivity contribution >= 4 is 17.9 Å². The minimum Gasteiger partial charge on any atom is -0.462 e. The van der Waals surface area contributed by atoms with Gasteiger partial charge in [-0.05, 0) is 44.9 Å². The van der Waals surface area contributed by atoms with E-state index in [9.17, 15) is 14.4 Å². The molecule has 0 aromatic heterocycles. The summed E-state index contributed by atoms with van der Waals surface area (Å²) in [6, 6.07) is 0. The van der Waals surface area contributed by atoms with Gasteiger partial charge in [-0.1, -0.05) is 270 Å². The normalized spacial score (nSPS) is 12.0. The molecule has 0 aromatic rings.